The number of benzene rings is 3. The van der Waals surface area contributed by atoms with Crippen LogP contribution in [0.4, 0.5) is 0 Å². The molecule has 1 nitrogen and oxygen atoms in total. The van der Waals surface area contributed by atoms with Crippen molar-refractivity contribution in [3.8, 4) is 0 Å². The lowest BCUT2D eigenvalue weighted by atomic mass is 9.84. The summed E-state index contributed by atoms with van der Waals surface area (Å²) >= 11 is 1.86. The smallest absolute Gasteiger partial charge is 0.0725 e. The van der Waals surface area contributed by atoms with Crippen LogP contribution in [0.1, 0.15) is 22.3 Å². The lowest BCUT2D eigenvalue weighted by molar-refractivity contribution is 1.10. The van der Waals surface area contributed by atoms with Crippen LogP contribution in [0, 0.1) is 0 Å². The highest BCUT2D eigenvalue weighted by Gasteiger charge is 2.20. The monoisotopic (exact) mass is 329 g/mol. The SMILES string of the molecule is c1ccc(SCCN=C2c3ccccc3Cc3ccccc32)cc1. The van der Waals surface area contributed by atoms with Crippen LogP contribution < -0.4 is 0 Å². The van der Waals surface area contributed by atoms with Gasteiger partial charge in [0.05, 0.1) is 5.71 Å². The van der Waals surface area contributed by atoms with Gasteiger partial charge in [0.2, 0.25) is 0 Å². The van der Waals surface area contributed by atoms with Gasteiger partial charge in [0, 0.05) is 28.3 Å². The number of fused-ring (bicyclic) bond motifs is 2. The average Bonchev–Trinajstić information content (AvgIpc) is 2.65. The highest BCUT2D eigenvalue weighted by Crippen LogP contribution is 2.27. The molecule has 0 saturated heterocycles. The molecular weight excluding hydrogens is 310 g/mol. The summed E-state index contributed by atoms with van der Waals surface area (Å²) in [5.41, 5.74) is 6.50. The van der Waals surface area contributed by atoms with Crippen molar-refractivity contribution >= 4 is 17.5 Å². The van der Waals surface area contributed by atoms with E-state index in [1.165, 1.54) is 27.1 Å². The van der Waals surface area contributed by atoms with E-state index < -0.39 is 0 Å². The largest absolute Gasteiger partial charge is 0.283 e. The molecule has 118 valence electrons. The molecule has 0 unspecified atom stereocenters. The van der Waals surface area contributed by atoms with Crippen molar-refractivity contribution in [3.63, 3.8) is 0 Å². The fraction of sp³-hybridized carbons (Fsp3) is 0.136. The first-order valence-electron chi connectivity index (χ1n) is 8.31. The Labute approximate surface area is 147 Å². The van der Waals surface area contributed by atoms with Crippen LogP contribution in [0.15, 0.2) is 88.8 Å². The van der Waals surface area contributed by atoms with Crippen LogP contribution in [-0.2, 0) is 6.42 Å². The Hall–Kier alpha value is -2.32. The van der Waals surface area contributed by atoms with Crippen LogP contribution in [0.5, 0.6) is 0 Å². The van der Waals surface area contributed by atoms with E-state index in [4.69, 9.17) is 4.99 Å². The second kappa shape index (κ2) is 7.06. The molecule has 3 aromatic carbocycles. The van der Waals surface area contributed by atoms with Gasteiger partial charge in [-0.3, -0.25) is 4.99 Å². The van der Waals surface area contributed by atoms with Crippen LogP contribution in [0.3, 0.4) is 0 Å². The zero-order chi connectivity index (χ0) is 16.2. The lowest BCUT2D eigenvalue weighted by Gasteiger charge is -2.21. The minimum Gasteiger partial charge on any atom is -0.283 e. The lowest BCUT2D eigenvalue weighted by Crippen LogP contribution is -2.16. The van der Waals surface area contributed by atoms with Gasteiger partial charge in [0.1, 0.15) is 0 Å². The first kappa shape index (κ1) is 15.2. The van der Waals surface area contributed by atoms with Crippen molar-refractivity contribution in [3.05, 3.63) is 101 Å². The molecule has 0 saturated carbocycles. The van der Waals surface area contributed by atoms with Gasteiger partial charge >= 0.3 is 0 Å². The van der Waals surface area contributed by atoms with Gasteiger partial charge in [0.25, 0.3) is 0 Å². The molecule has 2 heteroatoms. The fourth-order valence-corrected chi connectivity index (χ4v) is 3.94. The number of hydrogen-bond acceptors (Lipinski definition) is 2. The van der Waals surface area contributed by atoms with Crippen molar-refractivity contribution in [2.24, 2.45) is 4.99 Å². The first-order chi connectivity index (χ1) is 11.9. The normalized spacial score (nSPS) is 12.4. The molecule has 0 fully saturated rings. The van der Waals surface area contributed by atoms with Gasteiger partial charge in [-0.15, -0.1) is 11.8 Å². The van der Waals surface area contributed by atoms with Crippen molar-refractivity contribution in [1.82, 2.24) is 0 Å². The molecular formula is C22H19NS. The maximum Gasteiger partial charge on any atom is 0.0725 e. The summed E-state index contributed by atoms with van der Waals surface area (Å²) < 4.78 is 0. The second-order valence-corrected chi connectivity index (χ2v) is 7.05. The number of aliphatic imine (C=N–C) groups is 1. The molecule has 1 aliphatic carbocycles. The Morgan fingerprint density at radius 1 is 0.708 bits per heavy atom. The molecule has 0 heterocycles. The van der Waals surface area contributed by atoms with Crippen molar-refractivity contribution < 1.29 is 0 Å². The molecule has 0 aromatic heterocycles. The molecule has 0 N–H and O–H groups in total. The number of thioether (sulfide) groups is 1. The van der Waals surface area contributed by atoms with E-state index in [1.54, 1.807) is 0 Å². The van der Waals surface area contributed by atoms with Crippen LogP contribution in [-0.4, -0.2) is 18.0 Å². The van der Waals surface area contributed by atoms with Gasteiger partial charge in [-0.2, -0.15) is 0 Å². The Bertz CT molecular complexity index is 820. The molecule has 0 bridgehead atoms. The minimum atomic E-state index is 0.831. The maximum atomic E-state index is 4.98. The van der Waals surface area contributed by atoms with Gasteiger partial charge < -0.3 is 0 Å². The minimum absolute atomic E-state index is 0.831. The van der Waals surface area contributed by atoms with E-state index in [1.807, 2.05) is 11.8 Å². The third-order valence-electron chi connectivity index (χ3n) is 4.30. The second-order valence-electron chi connectivity index (χ2n) is 5.88. The summed E-state index contributed by atoms with van der Waals surface area (Å²) in [6.45, 7) is 0.831. The van der Waals surface area contributed by atoms with E-state index in [-0.39, 0.29) is 0 Å². The van der Waals surface area contributed by atoms with Gasteiger partial charge in [-0.1, -0.05) is 66.7 Å². The van der Waals surface area contributed by atoms with Gasteiger partial charge in [-0.05, 0) is 29.7 Å². The molecule has 4 rings (SSSR count). The molecule has 3 aromatic rings. The topological polar surface area (TPSA) is 12.4 Å². The zero-order valence-corrected chi connectivity index (χ0v) is 14.3. The number of hydrogen-bond donors (Lipinski definition) is 0. The van der Waals surface area contributed by atoms with E-state index in [2.05, 4.69) is 78.9 Å². The molecule has 24 heavy (non-hydrogen) atoms. The van der Waals surface area contributed by atoms with E-state index in [0.717, 1.165) is 24.4 Å². The quantitative estimate of drug-likeness (QED) is 0.369. The Balaban J connectivity index is 1.57. The molecule has 0 aliphatic heterocycles. The van der Waals surface area contributed by atoms with Crippen molar-refractivity contribution in [2.75, 3.05) is 12.3 Å². The van der Waals surface area contributed by atoms with Crippen LogP contribution >= 0.6 is 11.8 Å². The average molecular weight is 329 g/mol. The summed E-state index contributed by atoms with van der Waals surface area (Å²) in [5.74, 6) is 0.998. The predicted octanol–water partition coefficient (Wildman–Crippen LogP) is 5.22. The summed E-state index contributed by atoms with van der Waals surface area (Å²) in [5, 5.41) is 0. The maximum absolute atomic E-state index is 4.98. The van der Waals surface area contributed by atoms with Crippen LogP contribution in [0.2, 0.25) is 0 Å². The third-order valence-corrected chi connectivity index (χ3v) is 5.29. The number of rotatable bonds is 4. The predicted molar refractivity (Wildman–Crippen MR) is 103 cm³/mol. The first-order valence-corrected chi connectivity index (χ1v) is 9.29. The summed E-state index contributed by atoms with van der Waals surface area (Å²) in [6.07, 6.45) is 1.00. The van der Waals surface area contributed by atoms with E-state index in [9.17, 15) is 0 Å². The molecule has 1 aliphatic rings. The molecule has 0 atom stereocenters. The summed E-state index contributed by atoms with van der Waals surface area (Å²) in [7, 11) is 0. The zero-order valence-electron chi connectivity index (χ0n) is 13.5. The van der Waals surface area contributed by atoms with E-state index in [0.29, 0.717) is 0 Å². The highest BCUT2D eigenvalue weighted by molar-refractivity contribution is 7.99. The molecule has 0 spiro atoms. The van der Waals surface area contributed by atoms with Gasteiger partial charge in [-0.25, -0.2) is 0 Å². The molecule has 0 amide bonds. The third kappa shape index (κ3) is 3.15. The van der Waals surface area contributed by atoms with Crippen molar-refractivity contribution in [2.45, 2.75) is 11.3 Å². The summed E-state index contributed by atoms with van der Waals surface area (Å²) in [4.78, 5) is 6.28. The Kier molecular flexibility index (Phi) is 4.48. The highest BCUT2D eigenvalue weighted by atomic mass is 32.2. The van der Waals surface area contributed by atoms with E-state index >= 15 is 0 Å². The summed E-state index contributed by atoms with van der Waals surface area (Å²) in [6, 6.07) is 27.9. The standard InChI is InChI=1S/C22H19NS/c1-2-10-19(11-3-1)24-15-14-23-22-20-12-6-4-8-17(20)16-18-9-5-7-13-21(18)22/h1-13H,14-16H2. The Morgan fingerprint density at radius 2 is 1.29 bits per heavy atom. The fourth-order valence-electron chi connectivity index (χ4n) is 3.17. The van der Waals surface area contributed by atoms with Crippen molar-refractivity contribution in [1.29, 1.82) is 0 Å². The van der Waals surface area contributed by atoms with Crippen LogP contribution in [0.25, 0.3) is 0 Å². The number of nitrogens with zero attached hydrogens (tertiary/aromatic N) is 1. The Morgan fingerprint density at radius 3 is 1.96 bits per heavy atom. The van der Waals surface area contributed by atoms with Gasteiger partial charge in [0.15, 0.2) is 0 Å². The molecule has 0 radical (unpaired) electrons.